The van der Waals surface area contributed by atoms with Gasteiger partial charge in [-0.1, -0.05) is 131 Å². The molecule has 2 heterocycles. The lowest BCUT2D eigenvalue weighted by Gasteiger charge is -2.34. The van der Waals surface area contributed by atoms with E-state index in [4.69, 9.17) is 9.47 Å². The zero-order chi connectivity index (χ0) is 40.6. The highest BCUT2D eigenvalue weighted by Crippen LogP contribution is 2.49. The highest BCUT2D eigenvalue weighted by Gasteiger charge is 2.44. The number of carbonyl (C=O) groups is 4. The van der Waals surface area contributed by atoms with Crippen LogP contribution in [-0.2, 0) is 0 Å². The number of para-hydroxylation sites is 2. The maximum atomic E-state index is 14.8. The van der Waals surface area contributed by atoms with E-state index < -0.39 is 23.6 Å². The smallest absolute Gasteiger partial charge is 0.265 e. The Kier molecular flexibility index (Phi) is 12.1. The maximum absolute atomic E-state index is 14.8. The first kappa shape index (κ1) is 40.7. The minimum absolute atomic E-state index is 0.0984. The Morgan fingerprint density at radius 3 is 1.09 bits per heavy atom. The van der Waals surface area contributed by atoms with Crippen LogP contribution in [0.4, 0.5) is 0 Å². The number of amides is 4. The van der Waals surface area contributed by atoms with Gasteiger partial charge < -0.3 is 9.47 Å². The monoisotopic (exact) mass is 758 g/mol. The largest absolute Gasteiger partial charge is 0.456 e. The number of hydrogen-bond donors (Lipinski definition) is 0. The van der Waals surface area contributed by atoms with Crippen molar-refractivity contribution in [2.45, 2.75) is 131 Å². The molecule has 0 bridgehead atoms. The van der Waals surface area contributed by atoms with Crippen molar-refractivity contribution in [3.63, 3.8) is 0 Å². The standard InChI is InChI=1S/C48H58N2O6/c1-11-13-15-23-49-45(51)35-25-38(56-44-33(29(7)8)21-18-22-34(44)30(9)10)42-40-36(46(52)50(48(42)54)24-16-14-12-2)26-37(41(39(35)40)47(49)53)55-43-31(27(3)4)19-17-20-32(43)28(5)6/h17-22,25-30H,11-16,23-24H2,1-10H3. The van der Waals surface area contributed by atoms with Crippen LogP contribution >= 0.6 is 0 Å². The highest BCUT2D eigenvalue weighted by atomic mass is 16.5. The minimum Gasteiger partial charge on any atom is -0.456 e. The van der Waals surface area contributed by atoms with Gasteiger partial charge in [-0.3, -0.25) is 29.0 Å². The van der Waals surface area contributed by atoms with E-state index in [1.807, 2.05) is 36.4 Å². The molecule has 4 aromatic carbocycles. The van der Waals surface area contributed by atoms with E-state index in [0.717, 1.165) is 47.9 Å². The molecule has 4 amide bonds. The number of imide groups is 2. The van der Waals surface area contributed by atoms with Crippen LogP contribution in [0.2, 0.25) is 0 Å². The summed E-state index contributed by atoms with van der Waals surface area (Å²) in [5, 5.41) is 0.539. The first-order valence-electron chi connectivity index (χ1n) is 20.7. The summed E-state index contributed by atoms with van der Waals surface area (Å²) in [6, 6.07) is 15.4. The van der Waals surface area contributed by atoms with Crippen LogP contribution in [-0.4, -0.2) is 46.5 Å². The SMILES string of the molecule is CCCCCN1C(=O)c2cc(Oc3c(C(C)C)cccc3C(C)C)c3c4c(cc(Oc5c(C(C)C)cccc5C(C)C)c(c24)C1=O)C(=O)N(CCCCC)C3=O. The second-order valence-electron chi connectivity index (χ2n) is 16.6. The molecule has 0 atom stereocenters. The van der Waals surface area contributed by atoms with Gasteiger partial charge in [-0.25, -0.2) is 0 Å². The Bertz CT molecular complexity index is 1990. The Morgan fingerprint density at radius 1 is 0.482 bits per heavy atom. The van der Waals surface area contributed by atoms with Gasteiger partial charge in [0.15, 0.2) is 0 Å². The van der Waals surface area contributed by atoms with E-state index in [9.17, 15) is 19.2 Å². The van der Waals surface area contributed by atoms with Gasteiger partial charge in [0, 0.05) is 23.9 Å². The van der Waals surface area contributed by atoms with Gasteiger partial charge in [0.25, 0.3) is 23.6 Å². The van der Waals surface area contributed by atoms with Crippen molar-refractivity contribution in [3.8, 4) is 23.0 Å². The number of benzene rings is 4. The van der Waals surface area contributed by atoms with Crippen molar-refractivity contribution in [1.82, 2.24) is 9.80 Å². The minimum atomic E-state index is -0.495. The fourth-order valence-electron chi connectivity index (χ4n) is 8.12. The van der Waals surface area contributed by atoms with Gasteiger partial charge in [0.05, 0.1) is 22.3 Å². The second-order valence-corrected chi connectivity index (χ2v) is 16.6. The van der Waals surface area contributed by atoms with Crippen LogP contribution in [0.5, 0.6) is 23.0 Å². The summed E-state index contributed by atoms with van der Waals surface area (Å²) >= 11 is 0. The van der Waals surface area contributed by atoms with Crippen LogP contribution in [0.25, 0.3) is 10.8 Å². The van der Waals surface area contributed by atoms with Crippen LogP contribution in [0.3, 0.4) is 0 Å². The molecule has 0 unspecified atom stereocenters. The fourth-order valence-corrected chi connectivity index (χ4v) is 8.12. The molecule has 0 spiro atoms. The van der Waals surface area contributed by atoms with Gasteiger partial charge in [-0.05, 0) is 70.9 Å². The van der Waals surface area contributed by atoms with Gasteiger partial charge >= 0.3 is 0 Å². The summed E-state index contributed by atoms with van der Waals surface area (Å²) in [5.74, 6) is 0.116. The van der Waals surface area contributed by atoms with Crippen molar-refractivity contribution in [2.75, 3.05) is 13.1 Å². The third kappa shape index (κ3) is 7.23. The molecule has 296 valence electrons. The van der Waals surface area contributed by atoms with Crippen molar-refractivity contribution >= 4 is 34.4 Å². The first-order valence-corrected chi connectivity index (χ1v) is 20.7. The van der Waals surface area contributed by atoms with Crippen molar-refractivity contribution in [3.05, 3.63) is 93.0 Å². The molecule has 0 aromatic heterocycles. The predicted octanol–water partition coefficient (Wildman–Crippen LogP) is 12.5. The average Bonchev–Trinajstić information content (AvgIpc) is 3.15. The van der Waals surface area contributed by atoms with Crippen molar-refractivity contribution in [2.24, 2.45) is 0 Å². The molecule has 0 radical (unpaired) electrons. The zero-order valence-corrected chi connectivity index (χ0v) is 34.9. The quantitative estimate of drug-likeness (QED) is 0.0834. The number of hydrogen-bond acceptors (Lipinski definition) is 6. The van der Waals surface area contributed by atoms with Crippen molar-refractivity contribution < 1.29 is 28.7 Å². The maximum Gasteiger partial charge on any atom is 0.265 e. The summed E-state index contributed by atoms with van der Waals surface area (Å²) in [7, 11) is 0. The highest BCUT2D eigenvalue weighted by molar-refractivity contribution is 6.35. The normalized spacial score (nSPS) is 14.1. The van der Waals surface area contributed by atoms with Crippen LogP contribution in [0.1, 0.15) is 195 Å². The van der Waals surface area contributed by atoms with Crippen LogP contribution < -0.4 is 9.47 Å². The molecular weight excluding hydrogens is 701 g/mol. The summed E-state index contributed by atoms with van der Waals surface area (Å²) < 4.78 is 13.9. The summed E-state index contributed by atoms with van der Waals surface area (Å²) in [6.07, 6.45) is 4.79. The Hall–Kier alpha value is -4.98. The van der Waals surface area contributed by atoms with E-state index in [2.05, 4.69) is 69.2 Å². The molecule has 2 aliphatic heterocycles. The molecule has 0 saturated carbocycles. The molecule has 0 fully saturated rings. The third-order valence-corrected chi connectivity index (χ3v) is 11.2. The summed E-state index contributed by atoms with van der Waals surface area (Å²) in [6.45, 7) is 21.4. The van der Waals surface area contributed by atoms with Gasteiger partial charge in [0.1, 0.15) is 23.0 Å². The lowest BCUT2D eigenvalue weighted by molar-refractivity contribution is 0.0583. The van der Waals surface area contributed by atoms with Gasteiger partial charge in [0.2, 0.25) is 0 Å². The third-order valence-electron chi connectivity index (χ3n) is 11.2. The van der Waals surface area contributed by atoms with E-state index in [0.29, 0.717) is 24.3 Å². The average molecular weight is 759 g/mol. The number of unbranched alkanes of at least 4 members (excludes halogenated alkanes) is 4. The second kappa shape index (κ2) is 16.6. The molecule has 0 saturated heterocycles. The Morgan fingerprint density at radius 2 is 0.804 bits per heavy atom. The molecule has 6 rings (SSSR count). The predicted molar refractivity (Wildman–Crippen MR) is 223 cm³/mol. The number of carbonyl (C=O) groups excluding carboxylic acids is 4. The first-order chi connectivity index (χ1) is 26.7. The molecule has 8 nitrogen and oxygen atoms in total. The van der Waals surface area contributed by atoms with E-state index in [1.165, 1.54) is 9.80 Å². The van der Waals surface area contributed by atoms with E-state index >= 15 is 0 Å². The lowest BCUT2D eigenvalue weighted by atomic mass is 9.84. The molecule has 0 aliphatic carbocycles. The molecule has 56 heavy (non-hydrogen) atoms. The summed E-state index contributed by atoms with van der Waals surface area (Å²) in [4.78, 5) is 61.6. The van der Waals surface area contributed by atoms with E-state index in [-0.39, 0.29) is 81.3 Å². The fraction of sp³-hybridized carbons (Fsp3) is 0.458. The molecule has 2 aliphatic rings. The molecule has 8 heteroatoms. The molecular formula is C48H58N2O6. The van der Waals surface area contributed by atoms with E-state index in [1.54, 1.807) is 12.1 Å². The van der Waals surface area contributed by atoms with Gasteiger partial charge in [-0.15, -0.1) is 0 Å². The Balaban J connectivity index is 1.72. The van der Waals surface area contributed by atoms with Crippen LogP contribution in [0, 0.1) is 0 Å². The molecule has 4 aromatic rings. The molecule has 0 N–H and O–H groups in total. The van der Waals surface area contributed by atoms with Crippen molar-refractivity contribution in [1.29, 1.82) is 0 Å². The van der Waals surface area contributed by atoms with Crippen LogP contribution in [0.15, 0.2) is 48.5 Å². The number of rotatable bonds is 16. The number of nitrogens with zero attached hydrogens (tertiary/aromatic N) is 2. The topological polar surface area (TPSA) is 93.2 Å². The number of ether oxygens (including phenoxy) is 2. The Labute approximate surface area is 332 Å². The summed E-state index contributed by atoms with van der Waals surface area (Å²) in [5.41, 5.74) is 4.66. The zero-order valence-electron chi connectivity index (χ0n) is 34.9. The van der Waals surface area contributed by atoms with Gasteiger partial charge in [-0.2, -0.15) is 0 Å². The lowest BCUT2D eigenvalue weighted by Crippen LogP contribution is -2.44.